The van der Waals surface area contributed by atoms with Gasteiger partial charge in [0.2, 0.25) is 0 Å². The van der Waals surface area contributed by atoms with Gasteiger partial charge in [0.15, 0.2) is 5.95 Å². The number of ether oxygens (including phenoxy) is 1. The number of amides is 1. The summed E-state index contributed by atoms with van der Waals surface area (Å²) in [4.78, 5) is 19.9. The fourth-order valence-electron chi connectivity index (χ4n) is 5.14. The Morgan fingerprint density at radius 3 is 2.92 bits per heavy atom. The molecule has 7 nitrogen and oxygen atoms in total. The minimum Gasteiger partial charge on any atom is -0.497 e. The summed E-state index contributed by atoms with van der Waals surface area (Å²) in [7, 11) is 1.66. The van der Waals surface area contributed by atoms with Crippen molar-refractivity contribution in [1.29, 1.82) is 0 Å². The molecule has 1 unspecified atom stereocenters. The number of hydrogen-bond acceptors (Lipinski definition) is 4. The van der Waals surface area contributed by atoms with E-state index in [1.807, 2.05) is 18.2 Å². The van der Waals surface area contributed by atoms with E-state index in [-0.39, 0.29) is 12.0 Å². The molecule has 0 saturated heterocycles. The molecule has 4 aromatic rings. The average molecular weight is 489 g/mol. The first-order valence-electron chi connectivity index (χ1n) is 12.0. The minimum atomic E-state index is -0.562. The SMILES string of the molecule is COc1ccc2c(CCN(Cc3ccc(F)[nH]3)C3CCc4cc(/C=C/C(=O)NO)ccc43)c[nH]c2c1. The third-order valence-corrected chi connectivity index (χ3v) is 6.92. The maximum atomic E-state index is 13.7. The van der Waals surface area contributed by atoms with Crippen LogP contribution in [0.1, 0.15) is 40.4 Å². The fourth-order valence-corrected chi connectivity index (χ4v) is 5.14. The summed E-state index contributed by atoms with van der Waals surface area (Å²) in [5.74, 6) is -0.0702. The number of benzene rings is 2. The molecule has 1 aliphatic rings. The second-order valence-electron chi connectivity index (χ2n) is 9.10. The molecule has 1 amide bonds. The fraction of sp³-hybridized carbons (Fsp3) is 0.250. The predicted octanol–water partition coefficient (Wildman–Crippen LogP) is 4.89. The summed E-state index contributed by atoms with van der Waals surface area (Å²) >= 11 is 0. The molecule has 0 fully saturated rings. The van der Waals surface area contributed by atoms with Crippen LogP contribution in [0.5, 0.6) is 5.75 Å². The molecule has 2 heterocycles. The largest absolute Gasteiger partial charge is 0.497 e. The second-order valence-corrected chi connectivity index (χ2v) is 9.10. The number of carbonyl (C=O) groups excluding carboxylic acids is 1. The van der Waals surface area contributed by atoms with E-state index in [9.17, 15) is 9.18 Å². The zero-order valence-electron chi connectivity index (χ0n) is 20.1. The van der Waals surface area contributed by atoms with Crippen LogP contribution in [0.3, 0.4) is 0 Å². The number of H-pyrrole nitrogens is 2. The third kappa shape index (κ3) is 5.05. The Labute approximate surface area is 208 Å². The van der Waals surface area contributed by atoms with Crippen molar-refractivity contribution < 1.29 is 19.1 Å². The Morgan fingerprint density at radius 2 is 2.14 bits per heavy atom. The lowest BCUT2D eigenvalue weighted by atomic mass is 10.0. The lowest BCUT2D eigenvalue weighted by molar-refractivity contribution is -0.124. The number of rotatable bonds is 9. The number of hydroxylamine groups is 1. The number of aromatic nitrogens is 2. The highest BCUT2D eigenvalue weighted by molar-refractivity contribution is 5.90. The van der Waals surface area contributed by atoms with Gasteiger partial charge in [-0.25, -0.2) is 5.48 Å². The van der Waals surface area contributed by atoms with Gasteiger partial charge in [-0.05, 0) is 71.9 Å². The van der Waals surface area contributed by atoms with E-state index < -0.39 is 5.91 Å². The highest BCUT2D eigenvalue weighted by atomic mass is 19.1. The Bertz CT molecular complexity index is 1410. The molecular formula is C28H29FN4O3. The van der Waals surface area contributed by atoms with Crippen molar-refractivity contribution in [3.8, 4) is 5.75 Å². The molecular weight excluding hydrogens is 459 g/mol. The molecule has 1 aliphatic carbocycles. The van der Waals surface area contributed by atoms with Gasteiger partial charge < -0.3 is 14.7 Å². The number of aromatic amines is 2. The number of hydrogen-bond donors (Lipinski definition) is 4. The van der Waals surface area contributed by atoms with Crippen LogP contribution in [0.25, 0.3) is 17.0 Å². The summed E-state index contributed by atoms with van der Waals surface area (Å²) in [6.45, 7) is 1.42. The van der Waals surface area contributed by atoms with Crippen LogP contribution >= 0.6 is 0 Å². The molecule has 4 N–H and O–H groups in total. The molecule has 8 heteroatoms. The van der Waals surface area contributed by atoms with Crippen molar-refractivity contribution >= 4 is 22.9 Å². The quantitative estimate of drug-likeness (QED) is 0.153. The molecule has 0 spiro atoms. The maximum Gasteiger partial charge on any atom is 0.267 e. The highest BCUT2D eigenvalue weighted by Crippen LogP contribution is 2.37. The molecule has 0 saturated carbocycles. The summed E-state index contributed by atoms with van der Waals surface area (Å²) < 4.78 is 19.0. The van der Waals surface area contributed by atoms with Crippen molar-refractivity contribution in [1.82, 2.24) is 20.3 Å². The smallest absolute Gasteiger partial charge is 0.267 e. The normalized spacial score (nSPS) is 15.2. The van der Waals surface area contributed by atoms with Crippen LogP contribution in [0, 0.1) is 5.95 Å². The zero-order chi connectivity index (χ0) is 25.1. The second kappa shape index (κ2) is 10.4. The Hall–Kier alpha value is -3.88. The standard InChI is InChI=1S/C28H29FN4O3/c1-36-22-6-8-23-20(16-30-25(23)15-22)12-13-33(17-21-5-10-27(29)31-21)26-9-4-19-14-18(2-7-24(19)26)3-11-28(34)32-35/h2-3,5-8,10-11,14-16,26,30-31,35H,4,9,12-13,17H2,1H3,(H,32,34)/b11-3+. The molecule has 1 atom stereocenters. The zero-order valence-corrected chi connectivity index (χ0v) is 20.1. The molecule has 0 radical (unpaired) electrons. The molecule has 0 aliphatic heterocycles. The van der Waals surface area contributed by atoms with E-state index >= 15 is 0 Å². The van der Waals surface area contributed by atoms with E-state index in [4.69, 9.17) is 9.94 Å². The summed E-state index contributed by atoms with van der Waals surface area (Å²) in [5.41, 5.74) is 8.14. The van der Waals surface area contributed by atoms with E-state index in [0.717, 1.165) is 48.3 Å². The highest BCUT2D eigenvalue weighted by Gasteiger charge is 2.28. The van der Waals surface area contributed by atoms with Crippen LogP contribution in [0.2, 0.25) is 0 Å². The Balaban J connectivity index is 1.38. The minimum absolute atomic E-state index is 0.204. The van der Waals surface area contributed by atoms with Crippen molar-refractivity contribution in [3.05, 3.63) is 94.7 Å². The molecule has 2 aromatic carbocycles. The number of aryl methyl sites for hydroxylation is 1. The molecule has 186 valence electrons. The van der Waals surface area contributed by atoms with Crippen molar-refractivity contribution in [2.24, 2.45) is 0 Å². The topological polar surface area (TPSA) is 93.4 Å². The number of carbonyl (C=O) groups is 1. The number of nitrogens with zero attached hydrogens (tertiary/aromatic N) is 1. The third-order valence-electron chi connectivity index (χ3n) is 6.92. The molecule has 0 bridgehead atoms. The van der Waals surface area contributed by atoms with Gasteiger partial charge in [0.25, 0.3) is 5.91 Å². The van der Waals surface area contributed by atoms with Gasteiger partial charge in [-0.3, -0.25) is 14.9 Å². The lowest BCUT2D eigenvalue weighted by Gasteiger charge is -2.29. The van der Waals surface area contributed by atoms with Gasteiger partial charge in [0.05, 0.1) is 7.11 Å². The lowest BCUT2D eigenvalue weighted by Crippen LogP contribution is -2.29. The van der Waals surface area contributed by atoms with E-state index in [1.54, 1.807) is 24.7 Å². The first kappa shape index (κ1) is 23.8. The number of methoxy groups -OCH3 is 1. The summed E-state index contributed by atoms with van der Waals surface area (Å²) in [5, 5.41) is 9.87. The molecule has 5 rings (SSSR count). The van der Waals surface area contributed by atoms with Gasteiger partial charge in [-0.2, -0.15) is 4.39 Å². The van der Waals surface area contributed by atoms with Crippen molar-refractivity contribution in [2.45, 2.75) is 31.8 Å². The van der Waals surface area contributed by atoms with Gasteiger partial charge in [0.1, 0.15) is 5.75 Å². The monoisotopic (exact) mass is 488 g/mol. The van der Waals surface area contributed by atoms with Gasteiger partial charge >= 0.3 is 0 Å². The van der Waals surface area contributed by atoms with Crippen LogP contribution in [0.15, 0.2) is 60.8 Å². The van der Waals surface area contributed by atoms with Crippen LogP contribution < -0.4 is 10.2 Å². The molecule has 2 aromatic heterocycles. The van der Waals surface area contributed by atoms with Gasteiger partial charge in [-0.1, -0.05) is 18.2 Å². The van der Waals surface area contributed by atoms with Crippen LogP contribution in [0.4, 0.5) is 4.39 Å². The number of halogens is 1. The van der Waals surface area contributed by atoms with Gasteiger partial charge in [0, 0.05) is 54.1 Å². The van der Waals surface area contributed by atoms with Crippen LogP contribution in [-0.2, 0) is 24.2 Å². The first-order valence-corrected chi connectivity index (χ1v) is 12.0. The van der Waals surface area contributed by atoms with E-state index in [0.29, 0.717) is 6.54 Å². The summed E-state index contributed by atoms with van der Waals surface area (Å²) in [6.07, 6.45) is 7.78. The Morgan fingerprint density at radius 1 is 1.25 bits per heavy atom. The molecule has 36 heavy (non-hydrogen) atoms. The first-order chi connectivity index (χ1) is 17.5. The van der Waals surface area contributed by atoms with Crippen LogP contribution in [-0.4, -0.2) is 39.6 Å². The van der Waals surface area contributed by atoms with Crippen molar-refractivity contribution in [2.75, 3.05) is 13.7 Å². The van der Waals surface area contributed by atoms with E-state index in [1.165, 1.54) is 34.2 Å². The number of fused-ring (bicyclic) bond motifs is 2. The van der Waals surface area contributed by atoms with E-state index in [2.05, 4.69) is 39.3 Å². The van der Waals surface area contributed by atoms with Crippen molar-refractivity contribution in [3.63, 3.8) is 0 Å². The Kier molecular flexibility index (Phi) is 6.88. The van der Waals surface area contributed by atoms with Gasteiger partial charge in [-0.15, -0.1) is 0 Å². The summed E-state index contributed by atoms with van der Waals surface area (Å²) in [6, 6.07) is 15.7. The predicted molar refractivity (Wildman–Crippen MR) is 136 cm³/mol. The maximum absolute atomic E-state index is 13.7. The number of nitrogens with one attached hydrogen (secondary N) is 3. The average Bonchev–Trinajstić information content (AvgIpc) is 3.62.